The molecule has 0 spiro atoms. The molecule has 0 aliphatic carbocycles. The number of carbonyl (C=O) groups is 1. The van der Waals surface area contributed by atoms with Gasteiger partial charge >= 0.3 is 0 Å². The van der Waals surface area contributed by atoms with Crippen LogP contribution >= 0.6 is 0 Å². The van der Waals surface area contributed by atoms with Crippen molar-refractivity contribution in [2.45, 2.75) is 52.4 Å². The summed E-state index contributed by atoms with van der Waals surface area (Å²) in [7, 11) is 0. The Morgan fingerprint density at radius 2 is 1.74 bits per heavy atom. The normalized spacial score (nSPS) is 18.0. The van der Waals surface area contributed by atoms with Crippen molar-refractivity contribution in [3.05, 3.63) is 52.8 Å². The van der Waals surface area contributed by atoms with Crippen LogP contribution in [0.4, 0.5) is 0 Å². The third-order valence-electron chi connectivity index (χ3n) is 7.59. The zero-order chi connectivity index (χ0) is 24.5. The van der Waals surface area contributed by atoms with Gasteiger partial charge in [-0.25, -0.2) is 0 Å². The van der Waals surface area contributed by atoms with Gasteiger partial charge in [-0.1, -0.05) is 19.9 Å². The Kier molecular flexibility index (Phi) is 6.94. The maximum atomic E-state index is 12.6. The van der Waals surface area contributed by atoms with Crippen LogP contribution in [0.15, 0.2) is 30.3 Å². The number of benzene rings is 1. The highest BCUT2D eigenvalue weighted by Gasteiger charge is 2.26. The number of morpholine rings is 1. The monoisotopic (exact) mass is 474 g/mol. The highest BCUT2D eigenvalue weighted by molar-refractivity contribution is 5.92. The van der Waals surface area contributed by atoms with Crippen molar-refractivity contribution in [3.8, 4) is 11.3 Å². The van der Waals surface area contributed by atoms with E-state index in [9.17, 15) is 4.79 Å². The van der Waals surface area contributed by atoms with E-state index >= 15 is 0 Å². The summed E-state index contributed by atoms with van der Waals surface area (Å²) in [4.78, 5) is 25.2. The molecule has 6 heteroatoms. The number of aryl methyl sites for hydroxylation is 2. The summed E-state index contributed by atoms with van der Waals surface area (Å²) < 4.78 is 5.38. The van der Waals surface area contributed by atoms with E-state index in [1.165, 1.54) is 33.3 Å². The number of hydrogen-bond donors (Lipinski definition) is 1. The standard InChI is InChI=1S/C29H38N4O2/c1-19(2)28-25-17-23(5-6-26(25)31-29(28)24-15-20(3)30-21(4)16-24)22-7-9-32(10-8-22)18-27(34)33-11-13-35-14-12-33/h5-6,15-17,19,22,31H,7-14,18H2,1-4H3. The Morgan fingerprint density at radius 1 is 1.06 bits per heavy atom. The van der Waals surface area contributed by atoms with E-state index in [0.717, 1.165) is 50.4 Å². The molecular formula is C29H38N4O2. The molecule has 0 unspecified atom stereocenters. The molecule has 5 rings (SSSR count). The lowest BCUT2D eigenvalue weighted by molar-refractivity contribution is -0.136. The summed E-state index contributed by atoms with van der Waals surface area (Å²) in [6.45, 7) is 14.0. The smallest absolute Gasteiger partial charge is 0.236 e. The Bertz CT molecular complexity index is 1180. The van der Waals surface area contributed by atoms with Gasteiger partial charge in [0.15, 0.2) is 0 Å². The van der Waals surface area contributed by atoms with Gasteiger partial charge in [-0.2, -0.15) is 0 Å². The lowest BCUT2D eigenvalue weighted by Crippen LogP contribution is -2.47. The Hall–Kier alpha value is -2.70. The largest absolute Gasteiger partial charge is 0.378 e. The van der Waals surface area contributed by atoms with Gasteiger partial charge in [-0.3, -0.25) is 14.7 Å². The number of amides is 1. The summed E-state index contributed by atoms with van der Waals surface area (Å²) in [6.07, 6.45) is 2.19. The molecule has 6 nitrogen and oxygen atoms in total. The molecule has 0 bridgehead atoms. The zero-order valence-electron chi connectivity index (χ0n) is 21.6. The molecule has 1 aromatic carbocycles. The predicted octanol–water partition coefficient (Wildman–Crippen LogP) is 5.01. The number of aromatic amines is 1. The van der Waals surface area contributed by atoms with Crippen molar-refractivity contribution in [2.24, 2.45) is 0 Å². The van der Waals surface area contributed by atoms with Crippen molar-refractivity contribution < 1.29 is 9.53 Å². The lowest BCUT2D eigenvalue weighted by Gasteiger charge is -2.34. The zero-order valence-corrected chi connectivity index (χ0v) is 21.6. The molecule has 2 saturated heterocycles. The molecule has 0 saturated carbocycles. The minimum absolute atomic E-state index is 0.246. The number of piperidine rings is 1. The van der Waals surface area contributed by atoms with Gasteiger partial charge in [-0.05, 0) is 87.0 Å². The van der Waals surface area contributed by atoms with Crippen molar-refractivity contribution in [2.75, 3.05) is 45.9 Å². The Labute approximate surface area is 208 Å². The molecule has 2 aliphatic rings. The van der Waals surface area contributed by atoms with E-state index in [0.29, 0.717) is 31.6 Å². The number of aromatic nitrogens is 2. The molecule has 0 radical (unpaired) electrons. The van der Waals surface area contributed by atoms with Crippen LogP contribution in [0.3, 0.4) is 0 Å². The van der Waals surface area contributed by atoms with E-state index < -0.39 is 0 Å². The second kappa shape index (κ2) is 10.1. The Balaban J connectivity index is 1.33. The number of pyridine rings is 1. The third kappa shape index (κ3) is 5.14. The maximum Gasteiger partial charge on any atom is 0.236 e. The van der Waals surface area contributed by atoms with E-state index in [2.05, 4.69) is 72.9 Å². The van der Waals surface area contributed by atoms with Gasteiger partial charge in [0.1, 0.15) is 0 Å². The van der Waals surface area contributed by atoms with Gasteiger partial charge in [0.2, 0.25) is 5.91 Å². The second-order valence-corrected chi connectivity index (χ2v) is 10.6. The van der Waals surface area contributed by atoms with Crippen LogP contribution < -0.4 is 0 Å². The minimum Gasteiger partial charge on any atom is -0.378 e. The lowest BCUT2D eigenvalue weighted by atomic mass is 9.87. The molecule has 3 aromatic rings. The van der Waals surface area contributed by atoms with Gasteiger partial charge in [0.05, 0.1) is 25.5 Å². The molecule has 2 aliphatic heterocycles. The Morgan fingerprint density at radius 3 is 2.40 bits per heavy atom. The summed E-state index contributed by atoms with van der Waals surface area (Å²) in [5, 5.41) is 1.34. The van der Waals surface area contributed by atoms with Crippen LogP contribution in [0.25, 0.3) is 22.2 Å². The summed E-state index contributed by atoms with van der Waals surface area (Å²) in [5.74, 6) is 1.20. The fourth-order valence-electron chi connectivity index (χ4n) is 5.82. The summed E-state index contributed by atoms with van der Waals surface area (Å²) >= 11 is 0. The molecule has 4 heterocycles. The van der Waals surface area contributed by atoms with E-state index in [-0.39, 0.29) is 5.91 Å². The van der Waals surface area contributed by atoms with Crippen molar-refractivity contribution in [1.82, 2.24) is 19.8 Å². The molecule has 1 amide bonds. The number of likely N-dealkylation sites (tertiary alicyclic amines) is 1. The van der Waals surface area contributed by atoms with Crippen molar-refractivity contribution >= 4 is 16.8 Å². The minimum atomic E-state index is 0.246. The fraction of sp³-hybridized carbons (Fsp3) is 0.517. The van der Waals surface area contributed by atoms with Crippen LogP contribution in [0.5, 0.6) is 0 Å². The van der Waals surface area contributed by atoms with Crippen molar-refractivity contribution in [3.63, 3.8) is 0 Å². The maximum absolute atomic E-state index is 12.6. The fourth-order valence-corrected chi connectivity index (χ4v) is 5.82. The average molecular weight is 475 g/mol. The van der Waals surface area contributed by atoms with E-state index in [4.69, 9.17) is 4.74 Å². The second-order valence-electron chi connectivity index (χ2n) is 10.6. The first-order valence-corrected chi connectivity index (χ1v) is 13.1. The van der Waals surface area contributed by atoms with Gasteiger partial charge in [0.25, 0.3) is 0 Å². The number of rotatable bonds is 5. The SMILES string of the molecule is Cc1cc(-c2[nH]c3ccc(C4CCN(CC(=O)N5CCOCC5)CC4)cc3c2C(C)C)cc(C)n1. The van der Waals surface area contributed by atoms with Crippen LogP contribution in [0.1, 0.15) is 61.0 Å². The molecule has 1 N–H and O–H groups in total. The van der Waals surface area contributed by atoms with Crippen molar-refractivity contribution in [1.29, 1.82) is 0 Å². The molecule has 2 aromatic heterocycles. The van der Waals surface area contributed by atoms with Gasteiger partial charge in [0, 0.05) is 40.9 Å². The molecule has 186 valence electrons. The van der Waals surface area contributed by atoms with Crippen LogP contribution in [-0.2, 0) is 9.53 Å². The highest BCUT2D eigenvalue weighted by atomic mass is 16.5. The predicted molar refractivity (Wildman–Crippen MR) is 141 cm³/mol. The van der Waals surface area contributed by atoms with Gasteiger partial charge in [-0.15, -0.1) is 0 Å². The van der Waals surface area contributed by atoms with E-state index in [1.54, 1.807) is 0 Å². The summed E-state index contributed by atoms with van der Waals surface area (Å²) in [5.41, 5.74) is 8.55. The molecule has 35 heavy (non-hydrogen) atoms. The van der Waals surface area contributed by atoms with Gasteiger partial charge < -0.3 is 14.6 Å². The molecule has 0 atom stereocenters. The van der Waals surface area contributed by atoms with Crippen LogP contribution in [0.2, 0.25) is 0 Å². The molecular weight excluding hydrogens is 436 g/mol. The first kappa shape index (κ1) is 24.0. The number of ether oxygens (including phenoxy) is 1. The summed E-state index contributed by atoms with van der Waals surface area (Å²) in [6, 6.07) is 11.3. The third-order valence-corrected chi connectivity index (χ3v) is 7.59. The molecule has 2 fully saturated rings. The number of hydrogen-bond acceptors (Lipinski definition) is 4. The first-order chi connectivity index (χ1) is 16.9. The number of nitrogens with one attached hydrogen (secondary N) is 1. The number of fused-ring (bicyclic) bond motifs is 1. The number of carbonyl (C=O) groups excluding carboxylic acids is 1. The highest BCUT2D eigenvalue weighted by Crippen LogP contribution is 2.38. The average Bonchev–Trinajstić information content (AvgIpc) is 3.24. The number of nitrogens with zero attached hydrogens (tertiary/aromatic N) is 3. The first-order valence-electron chi connectivity index (χ1n) is 13.1. The van der Waals surface area contributed by atoms with Crippen LogP contribution in [0, 0.1) is 13.8 Å². The quantitative estimate of drug-likeness (QED) is 0.565. The topological polar surface area (TPSA) is 61.5 Å². The van der Waals surface area contributed by atoms with E-state index in [1.807, 2.05) is 4.90 Å². The number of H-pyrrole nitrogens is 1. The van der Waals surface area contributed by atoms with Crippen LogP contribution in [-0.4, -0.2) is 71.6 Å².